The molecule has 0 aliphatic carbocycles. The minimum absolute atomic E-state index is 0.235. The topological polar surface area (TPSA) is 47.3 Å². The van der Waals surface area contributed by atoms with E-state index in [9.17, 15) is 0 Å². The molecule has 3 N–H and O–H groups in total. The molecule has 3 heteroatoms. The molecular weight excluding hydrogens is 164 g/mol. The quantitative estimate of drug-likeness (QED) is 0.664. The van der Waals surface area contributed by atoms with Crippen LogP contribution in [0.25, 0.3) is 0 Å². The van der Waals surface area contributed by atoms with Gasteiger partial charge in [-0.25, -0.2) is 0 Å². The van der Waals surface area contributed by atoms with Crippen molar-refractivity contribution in [3.8, 4) is 5.75 Å². The molecule has 0 amide bonds. The highest BCUT2D eigenvalue weighted by atomic mass is 16.5. The molecule has 1 aliphatic heterocycles. The lowest BCUT2D eigenvalue weighted by Gasteiger charge is -2.14. The van der Waals surface area contributed by atoms with Crippen molar-refractivity contribution in [1.82, 2.24) is 5.32 Å². The molecule has 1 atom stereocenters. The lowest BCUT2D eigenvalue weighted by molar-refractivity contribution is 0.324. The molecule has 2 rings (SSSR count). The molecule has 1 aliphatic rings. The minimum Gasteiger partial charge on any atom is -0.492 e. The molecule has 70 valence electrons. The average Bonchev–Trinajstić information content (AvgIpc) is 2.39. The van der Waals surface area contributed by atoms with Crippen LogP contribution in [0.15, 0.2) is 24.3 Å². The van der Waals surface area contributed by atoms with E-state index >= 15 is 0 Å². The third-order valence-corrected chi connectivity index (χ3v) is 2.28. The van der Waals surface area contributed by atoms with Crippen molar-refractivity contribution in [3.05, 3.63) is 29.8 Å². The average molecular weight is 178 g/mol. The number of rotatable bonds is 1. The molecular formula is C10H14N2O. The highest BCUT2D eigenvalue weighted by Crippen LogP contribution is 2.25. The Morgan fingerprint density at radius 3 is 3.15 bits per heavy atom. The predicted molar refractivity (Wildman–Crippen MR) is 51.7 cm³/mol. The summed E-state index contributed by atoms with van der Waals surface area (Å²) in [5.74, 6) is 0.961. The van der Waals surface area contributed by atoms with Crippen molar-refractivity contribution in [1.29, 1.82) is 0 Å². The first-order chi connectivity index (χ1) is 6.42. The SMILES string of the molecule is NCC1NCCOc2ccccc21. The van der Waals surface area contributed by atoms with Gasteiger partial charge in [-0.15, -0.1) is 0 Å². The Balaban J connectivity index is 2.35. The van der Waals surface area contributed by atoms with Crippen molar-refractivity contribution in [2.45, 2.75) is 6.04 Å². The van der Waals surface area contributed by atoms with Gasteiger partial charge in [-0.1, -0.05) is 18.2 Å². The Hall–Kier alpha value is -1.06. The normalized spacial score (nSPS) is 21.5. The van der Waals surface area contributed by atoms with E-state index in [0.29, 0.717) is 13.2 Å². The molecule has 0 aromatic heterocycles. The van der Waals surface area contributed by atoms with E-state index in [1.165, 1.54) is 5.56 Å². The van der Waals surface area contributed by atoms with Gasteiger partial charge in [-0.2, -0.15) is 0 Å². The van der Waals surface area contributed by atoms with E-state index in [2.05, 4.69) is 11.4 Å². The van der Waals surface area contributed by atoms with E-state index in [4.69, 9.17) is 10.5 Å². The minimum atomic E-state index is 0.235. The molecule has 3 nitrogen and oxygen atoms in total. The van der Waals surface area contributed by atoms with Crippen molar-refractivity contribution in [2.24, 2.45) is 5.73 Å². The highest BCUT2D eigenvalue weighted by Gasteiger charge is 2.16. The Kier molecular flexibility index (Phi) is 2.47. The van der Waals surface area contributed by atoms with Gasteiger partial charge >= 0.3 is 0 Å². The summed E-state index contributed by atoms with van der Waals surface area (Å²) >= 11 is 0. The van der Waals surface area contributed by atoms with Gasteiger partial charge in [0.05, 0.1) is 0 Å². The number of para-hydroxylation sites is 1. The summed E-state index contributed by atoms with van der Waals surface area (Å²) in [6, 6.07) is 8.28. The second-order valence-electron chi connectivity index (χ2n) is 3.13. The van der Waals surface area contributed by atoms with Crippen molar-refractivity contribution in [3.63, 3.8) is 0 Å². The lowest BCUT2D eigenvalue weighted by atomic mass is 10.1. The largest absolute Gasteiger partial charge is 0.492 e. The number of nitrogens with one attached hydrogen (secondary N) is 1. The summed E-state index contributed by atoms with van der Waals surface area (Å²) in [5.41, 5.74) is 6.84. The third kappa shape index (κ3) is 1.66. The van der Waals surface area contributed by atoms with E-state index in [0.717, 1.165) is 12.3 Å². The first kappa shape index (κ1) is 8.53. The fourth-order valence-electron chi connectivity index (χ4n) is 1.61. The van der Waals surface area contributed by atoms with Crippen LogP contribution in [0.3, 0.4) is 0 Å². The maximum absolute atomic E-state index is 5.67. The summed E-state index contributed by atoms with van der Waals surface area (Å²) < 4.78 is 5.56. The molecule has 13 heavy (non-hydrogen) atoms. The maximum atomic E-state index is 5.67. The molecule has 0 spiro atoms. The molecule has 0 fully saturated rings. The Labute approximate surface area is 77.9 Å². The summed E-state index contributed by atoms with van der Waals surface area (Å²) in [7, 11) is 0. The van der Waals surface area contributed by atoms with Crippen LogP contribution in [0.5, 0.6) is 5.75 Å². The lowest BCUT2D eigenvalue weighted by Crippen LogP contribution is -2.28. The molecule has 0 saturated heterocycles. The molecule has 1 aromatic carbocycles. The molecule has 1 heterocycles. The van der Waals surface area contributed by atoms with Crippen LogP contribution in [-0.2, 0) is 0 Å². The van der Waals surface area contributed by atoms with Crippen LogP contribution in [0.1, 0.15) is 11.6 Å². The number of hydrogen-bond acceptors (Lipinski definition) is 3. The summed E-state index contributed by atoms with van der Waals surface area (Å²) in [4.78, 5) is 0. The Morgan fingerprint density at radius 2 is 2.31 bits per heavy atom. The van der Waals surface area contributed by atoms with Crippen LogP contribution in [0, 0.1) is 0 Å². The van der Waals surface area contributed by atoms with Gasteiger partial charge < -0.3 is 15.8 Å². The first-order valence-electron chi connectivity index (χ1n) is 4.57. The number of nitrogens with two attached hydrogens (primary N) is 1. The van der Waals surface area contributed by atoms with Crippen molar-refractivity contribution < 1.29 is 4.74 Å². The van der Waals surface area contributed by atoms with Gasteiger partial charge in [-0.3, -0.25) is 0 Å². The highest BCUT2D eigenvalue weighted by molar-refractivity contribution is 5.36. The fourth-order valence-corrected chi connectivity index (χ4v) is 1.61. The van der Waals surface area contributed by atoms with Crippen LogP contribution < -0.4 is 15.8 Å². The monoisotopic (exact) mass is 178 g/mol. The van der Waals surface area contributed by atoms with Crippen LogP contribution >= 0.6 is 0 Å². The van der Waals surface area contributed by atoms with Gasteiger partial charge in [-0.05, 0) is 6.07 Å². The molecule has 1 aromatic rings. The zero-order chi connectivity index (χ0) is 9.10. The molecule has 0 bridgehead atoms. The van der Waals surface area contributed by atoms with Crippen molar-refractivity contribution in [2.75, 3.05) is 19.7 Å². The standard InChI is InChI=1S/C10H14N2O/c11-7-9-8-3-1-2-4-10(8)13-6-5-12-9/h1-4,9,12H,5-7,11H2. The molecule has 1 unspecified atom stereocenters. The van der Waals surface area contributed by atoms with Gasteiger partial charge in [0.25, 0.3) is 0 Å². The van der Waals surface area contributed by atoms with Gasteiger partial charge in [0, 0.05) is 24.7 Å². The van der Waals surface area contributed by atoms with Gasteiger partial charge in [0.15, 0.2) is 0 Å². The zero-order valence-corrected chi connectivity index (χ0v) is 7.49. The predicted octanol–water partition coefficient (Wildman–Crippen LogP) is 0.668. The number of fused-ring (bicyclic) bond motifs is 1. The van der Waals surface area contributed by atoms with Gasteiger partial charge in [0.1, 0.15) is 12.4 Å². The van der Waals surface area contributed by atoms with E-state index < -0.39 is 0 Å². The number of hydrogen-bond donors (Lipinski definition) is 2. The zero-order valence-electron chi connectivity index (χ0n) is 7.49. The fraction of sp³-hybridized carbons (Fsp3) is 0.400. The molecule has 0 saturated carbocycles. The first-order valence-corrected chi connectivity index (χ1v) is 4.57. The summed E-state index contributed by atoms with van der Waals surface area (Å²) in [5, 5.41) is 3.34. The Bertz CT molecular complexity index is 288. The van der Waals surface area contributed by atoms with Gasteiger partial charge in [0.2, 0.25) is 0 Å². The number of ether oxygens (including phenoxy) is 1. The van der Waals surface area contributed by atoms with E-state index in [-0.39, 0.29) is 6.04 Å². The third-order valence-electron chi connectivity index (χ3n) is 2.28. The van der Waals surface area contributed by atoms with Crippen LogP contribution in [0.2, 0.25) is 0 Å². The van der Waals surface area contributed by atoms with Crippen LogP contribution in [-0.4, -0.2) is 19.7 Å². The number of benzene rings is 1. The smallest absolute Gasteiger partial charge is 0.124 e. The Morgan fingerprint density at radius 1 is 1.46 bits per heavy atom. The molecule has 0 radical (unpaired) electrons. The van der Waals surface area contributed by atoms with E-state index in [1.54, 1.807) is 0 Å². The van der Waals surface area contributed by atoms with Crippen molar-refractivity contribution >= 4 is 0 Å². The summed E-state index contributed by atoms with van der Waals surface area (Å²) in [6.07, 6.45) is 0. The summed E-state index contributed by atoms with van der Waals surface area (Å²) in [6.45, 7) is 2.18. The maximum Gasteiger partial charge on any atom is 0.124 e. The van der Waals surface area contributed by atoms with E-state index in [1.807, 2.05) is 18.2 Å². The second-order valence-corrected chi connectivity index (χ2v) is 3.13. The van der Waals surface area contributed by atoms with Crippen LogP contribution in [0.4, 0.5) is 0 Å². The second kappa shape index (κ2) is 3.77.